The van der Waals surface area contributed by atoms with Gasteiger partial charge in [-0.25, -0.2) is 0 Å². The van der Waals surface area contributed by atoms with E-state index in [1.807, 2.05) is 12.1 Å². The zero-order valence-corrected chi connectivity index (χ0v) is 9.82. The second kappa shape index (κ2) is 4.41. The van der Waals surface area contributed by atoms with Gasteiger partial charge in [0.1, 0.15) is 12.0 Å². The number of nitrogens with zero attached hydrogens (tertiary/aromatic N) is 1. The predicted molar refractivity (Wildman–Crippen MR) is 65.8 cm³/mol. The fraction of sp³-hybridized carbons (Fsp3) is 0.308. The zero-order chi connectivity index (χ0) is 11.5. The number of allylic oxidation sites excluding steroid dienone is 1. The highest BCUT2D eigenvalue weighted by Gasteiger charge is 2.12. The molecule has 0 aliphatic carbocycles. The molecule has 0 fully saturated rings. The predicted octanol–water partition coefficient (Wildman–Crippen LogP) is 2.40. The molecule has 0 aliphatic rings. The summed E-state index contributed by atoms with van der Waals surface area (Å²) in [4.78, 5) is 10.2. The van der Waals surface area contributed by atoms with Crippen molar-refractivity contribution < 1.29 is 4.79 Å². The normalized spacial score (nSPS) is 12.0. The molecule has 2 nitrogen and oxygen atoms in total. The smallest absolute Gasteiger partial charge is 0.142 e. The molecular weight excluding hydrogens is 186 g/mol. The van der Waals surface area contributed by atoms with Crippen molar-refractivity contribution >= 4 is 18.0 Å². The van der Waals surface area contributed by atoms with Crippen LogP contribution < -0.4 is 4.48 Å². The molecule has 0 saturated carbocycles. The van der Waals surface area contributed by atoms with E-state index in [9.17, 15) is 4.79 Å². The third kappa shape index (κ3) is 3.03. The van der Waals surface area contributed by atoms with Gasteiger partial charge in [0.2, 0.25) is 0 Å². The second-order valence-corrected chi connectivity index (χ2v) is 4.55. The minimum Gasteiger partial charge on any atom is -0.299 e. The summed E-state index contributed by atoms with van der Waals surface area (Å²) in [6, 6.07) is 6.30. The highest BCUT2D eigenvalue weighted by Crippen LogP contribution is 2.21. The average molecular weight is 204 g/mol. The second-order valence-electron chi connectivity index (χ2n) is 4.55. The van der Waals surface area contributed by atoms with E-state index in [0.717, 1.165) is 16.3 Å². The maximum absolute atomic E-state index is 10.2. The lowest BCUT2D eigenvalue weighted by Gasteiger charge is -2.24. The van der Waals surface area contributed by atoms with E-state index in [1.54, 1.807) is 0 Å². The van der Waals surface area contributed by atoms with Gasteiger partial charge < -0.3 is 0 Å². The van der Waals surface area contributed by atoms with Crippen LogP contribution in [0.2, 0.25) is 0 Å². The molecule has 0 aromatic heterocycles. The third-order valence-electron chi connectivity index (χ3n) is 2.38. The lowest BCUT2D eigenvalue weighted by molar-refractivity contribution is -0.104. The minimum atomic E-state index is 0.799. The Kier molecular flexibility index (Phi) is 3.43. The number of hydrogen-bond donors (Lipinski definition) is 0. The van der Waals surface area contributed by atoms with Crippen LogP contribution in [0.3, 0.4) is 0 Å². The van der Waals surface area contributed by atoms with E-state index in [2.05, 4.69) is 40.2 Å². The molecule has 2 heteroatoms. The van der Waals surface area contributed by atoms with Crippen molar-refractivity contribution in [1.82, 2.24) is 4.48 Å². The molecule has 0 aliphatic heterocycles. The monoisotopic (exact) mass is 204 g/mol. The highest BCUT2D eigenvalue weighted by atomic mass is 16.1. The van der Waals surface area contributed by atoms with Crippen LogP contribution in [0, 0.1) is 6.92 Å². The van der Waals surface area contributed by atoms with Gasteiger partial charge in [0, 0.05) is 6.07 Å². The Morgan fingerprint density at radius 2 is 1.87 bits per heavy atom. The molecule has 0 unspecified atom stereocenters. The van der Waals surface area contributed by atoms with Crippen LogP contribution in [0.1, 0.15) is 11.1 Å². The lowest BCUT2D eigenvalue weighted by Crippen LogP contribution is -2.34. The first kappa shape index (κ1) is 11.7. The van der Waals surface area contributed by atoms with E-state index >= 15 is 0 Å². The summed E-state index contributed by atoms with van der Waals surface area (Å²) in [5, 5.41) is 0. The van der Waals surface area contributed by atoms with Crippen LogP contribution in [0.4, 0.5) is 5.69 Å². The number of carbonyl (C=O) groups excluding carboxylic acids is 1. The number of quaternary nitrogens is 1. The van der Waals surface area contributed by atoms with Crippen molar-refractivity contribution in [3.63, 3.8) is 0 Å². The van der Waals surface area contributed by atoms with Gasteiger partial charge in [-0.15, -0.1) is 0 Å². The fourth-order valence-electron chi connectivity index (χ4n) is 1.41. The molecule has 0 bridgehead atoms. The quantitative estimate of drug-likeness (QED) is 0.420. The molecule has 1 rings (SSSR count). The first-order chi connectivity index (χ1) is 6.95. The Bertz CT molecular complexity index is 386. The molecule has 15 heavy (non-hydrogen) atoms. The van der Waals surface area contributed by atoms with Crippen LogP contribution in [0.25, 0.3) is 6.08 Å². The first-order valence-corrected chi connectivity index (χ1v) is 4.99. The Morgan fingerprint density at radius 3 is 2.33 bits per heavy atom. The van der Waals surface area contributed by atoms with Crippen molar-refractivity contribution in [1.29, 1.82) is 0 Å². The molecule has 0 radical (unpaired) electrons. The van der Waals surface area contributed by atoms with E-state index < -0.39 is 0 Å². The van der Waals surface area contributed by atoms with Crippen LogP contribution in [0.5, 0.6) is 0 Å². The van der Waals surface area contributed by atoms with Gasteiger partial charge in [-0.3, -0.25) is 9.28 Å². The van der Waals surface area contributed by atoms with Crippen LogP contribution in [0.15, 0.2) is 24.3 Å². The van der Waals surface area contributed by atoms with Gasteiger partial charge in [0.15, 0.2) is 0 Å². The number of aldehydes is 1. The van der Waals surface area contributed by atoms with Crippen molar-refractivity contribution in [3.05, 3.63) is 35.4 Å². The summed E-state index contributed by atoms with van der Waals surface area (Å²) in [6.45, 7) is 2.06. The van der Waals surface area contributed by atoms with Gasteiger partial charge in [-0.1, -0.05) is 6.08 Å². The third-order valence-corrected chi connectivity index (χ3v) is 2.38. The highest BCUT2D eigenvalue weighted by molar-refractivity contribution is 5.75. The zero-order valence-electron chi connectivity index (χ0n) is 9.82. The van der Waals surface area contributed by atoms with Gasteiger partial charge in [0.25, 0.3) is 0 Å². The average Bonchev–Trinajstić information content (AvgIpc) is 2.14. The summed E-state index contributed by atoms with van der Waals surface area (Å²) in [6.07, 6.45) is 4.16. The van der Waals surface area contributed by atoms with Crippen molar-refractivity contribution in [2.75, 3.05) is 21.1 Å². The Morgan fingerprint density at radius 1 is 1.20 bits per heavy atom. The number of aryl methyl sites for hydroxylation is 1. The topological polar surface area (TPSA) is 17.1 Å². The Balaban J connectivity index is 3.09. The summed E-state index contributed by atoms with van der Waals surface area (Å²) >= 11 is 0. The largest absolute Gasteiger partial charge is 0.299 e. The maximum Gasteiger partial charge on any atom is 0.142 e. The summed E-state index contributed by atoms with van der Waals surface area (Å²) in [5.74, 6) is 0. The standard InChI is InChI=1S/C13H18NO/c1-11-10-13(14(2,3)4)8-7-12(11)6-5-9-15/h5-10H,1-4H3/q+1/b6-5+. The molecule has 0 heterocycles. The van der Waals surface area contributed by atoms with Gasteiger partial charge in [0.05, 0.1) is 21.1 Å². The molecule has 1 aromatic carbocycles. The molecule has 0 amide bonds. The fourth-order valence-corrected chi connectivity index (χ4v) is 1.41. The number of carbonyl (C=O) groups is 1. The molecule has 0 atom stereocenters. The minimum absolute atomic E-state index is 0.799. The number of hydrogen-bond acceptors (Lipinski definition) is 1. The van der Waals surface area contributed by atoms with Crippen molar-refractivity contribution in [2.45, 2.75) is 6.92 Å². The molecule has 0 N–H and O–H groups in total. The molecular formula is C13H18NO+. The van der Waals surface area contributed by atoms with Gasteiger partial charge in [-0.05, 0) is 36.3 Å². The van der Waals surface area contributed by atoms with Gasteiger partial charge >= 0.3 is 0 Å². The SMILES string of the molecule is Cc1cc([N+](C)(C)C)ccc1/C=C/C=O. The molecule has 0 spiro atoms. The van der Waals surface area contributed by atoms with E-state index in [1.165, 1.54) is 17.3 Å². The summed E-state index contributed by atoms with van der Waals surface area (Å²) in [5.41, 5.74) is 3.55. The van der Waals surface area contributed by atoms with E-state index in [4.69, 9.17) is 0 Å². The van der Waals surface area contributed by atoms with Crippen molar-refractivity contribution in [3.8, 4) is 0 Å². The van der Waals surface area contributed by atoms with E-state index in [0.29, 0.717) is 0 Å². The van der Waals surface area contributed by atoms with Crippen LogP contribution in [-0.4, -0.2) is 27.4 Å². The van der Waals surface area contributed by atoms with E-state index in [-0.39, 0.29) is 0 Å². The van der Waals surface area contributed by atoms with Crippen LogP contribution >= 0.6 is 0 Å². The van der Waals surface area contributed by atoms with Crippen LogP contribution in [-0.2, 0) is 4.79 Å². The number of rotatable bonds is 3. The van der Waals surface area contributed by atoms with Gasteiger partial charge in [-0.2, -0.15) is 0 Å². The Hall–Kier alpha value is -1.41. The Labute approximate surface area is 91.4 Å². The lowest BCUT2D eigenvalue weighted by atomic mass is 10.1. The molecule has 80 valence electrons. The summed E-state index contributed by atoms with van der Waals surface area (Å²) < 4.78 is 0.804. The van der Waals surface area contributed by atoms with Crippen molar-refractivity contribution in [2.24, 2.45) is 0 Å². The first-order valence-electron chi connectivity index (χ1n) is 4.99. The number of benzene rings is 1. The molecule has 0 saturated heterocycles. The maximum atomic E-state index is 10.2. The summed E-state index contributed by atoms with van der Waals surface area (Å²) in [7, 11) is 6.40. The molecule has 1 aromatic rings.